The van der Waals surface area contributed by atoms with E-state index < -0.39 is 0 Å². The highest BCUT2D eigenvalue weighted by Crippen LogP contribution is 2.18. The SMILES string of the molecule is c1ccc(Nc2ccnc(Nc3ccsc3)n2)cc1. The molecule has 3 aromatic rings. The summed E-state index contributed by atoms with van der Waals surface area (Å²) in [6.45, 7) is 0. The van der Waals surface area contributed by atoms with Crippen molar-refractivity contribution in [1.29, 1.82) is 0 Å². The summed E-state index contributed by atoms with van der Waals surface area (Å²) in [5.41, 5.74) is 2.00. The van der Waals surface area contributed by atoms with Crippen LogP contribution in [-0.2, 0) is 0 Å². The summed E-state index contributed by atoms with van der Waals surface area (Å²) >= 11 is 1.63. The van der Waals surface area contributed by atoms with Crippen molar-refractivity contribution in [3.8, 4) is 0 Å². The highest BCUT2D eigenvalue weighted by atomic mass is 32.1. The number of aromatic nitrogens is 2. The van der Waals surface area contributed by atoms with E-state index in [4.69, 9.17) is 0 Å². The van der Waals surface area contributed by atoms with Crippen LogP contribution in [0.25, 0.3) is 0 Å². The van der Waals surface area contributed by atoms with Crippen molar-refractivity contribution >= 4 is 34.5 Å². The lowest BCUT2D eigenvalue weighted by Crippen LogP contribution is -1.99. The molecule has 0 aliphatic heterocycles. The largest absolute Gasteiger partial charge is 0.340 e. The predicted octanol–water partition coefficient (Wildman–Crippen LogP) is 4.03. The molecule has 0 radical (unpaired) electrons. The molecule has 2 aromatic heterocycles. The van der Waals surface area contributed by atoms with Gasteiger partial charge in [0.05, 0.1) is 5.69 Å². The summed E-state index contributed by atoms with van der Waals surface area (Å²) in [5, 5.41) is 10.4. The molecule has 0 spiro atoms. The summed E-state index contributed by atoms with van der Waals surface area (Å²) in [4.78, 5) is 8.61. The van der Waals surface area contributed by atoms with E-state index in [1.165, 1.54) is 0 Å². The monoisotopic (exact) mass is 268 g/mol. The Labute approximate surface area is 115 Å². The van der Waals surface area contributed by atoms with Gasteiger partial charge < -0.3 is 10.6 Å². The molecule has 0 unspecified atom stereocenters. The van der Waals surface area contributed by atoms with Gasteiger partial charge in [-0.15, -0.1) is 0 Å². The zero-order valence-electron chi connectivity index (χ0n) is 10.1. The smallest absolute Gasteiger partial charge is 0.229 e. The Hall–Kier alpha value is -2.40. The number of rotatable bonds is 4. The van der Waals surface area contributed by atoms with Crippen LogP contribution in [0.5, 0.6) is 0 Å². The Morgan fingerprint density at radius 2 is 1.79 bits per heavy atom. The average Bonchev–Trinajstić information content (AvgIpc) is 2.93. The van der Waals surface area contributed by atoms with E-state index in [1.54, 1.807) is 17.5 Å². The molecular weight excluding hydrogens is 256 g/mol. The molecule has 0 amide bonds. The second-order valence-electron chi connectivity index (χ2n) is 3.89. The predicted molar refractivity (Wildman–Crippen MR) is 79.4 cm³/mol. The number of thiophene rings is 1. The Bertz CT molecular complexity index is 638. The number of nitrogens with one attached hydrogen (secondary N) is 2. The molecule has 0 saturated heterocycles. The van der Waals surface area contributed by atoms with Crippen LogP contribution in [-0.4, -0.2) is 9.97 Å². The second kappa shape index (κ2) is 5.49. The van der Waals surface area contributed by atoms with Crippen molar-refractivity contribution in [1.82, 2.24) is 9.97 Å². The third-order valence-corrected chi connectivity index (χ3v) is 3.16. The molecule has 1 aromatic carbocycles. The van der Waals surface area contributed by atoms with Crippen LogP contribution >= 0.6 is 11.3 Å². The van der Waals surface area contributed by atoms with E-state index in [-0.39, 0.29) is 0 Å². The van der Waals surface area contributed by atoms with Crippen molar-refractivity contribution in [2.75, 3.05) is 10.6 Å². The van der Waals surface area contributed by atoms with E-state index in [1.807, 2.05) is 53.2 Å². The first kappa shape index (κ1) is 11.7. The molecular formula is C14H12N4S. The molecule has 4 nitrogen and oxygen atoms in total. The zero-order valence-corrected chi connectivity index (χ0v) is 10.9. The second-order valence-corrected chi connectivity index (χ2v) is 4.67. The molecule has 0 aliphatic carbocycles. The highest BCUT2D eigenvalue weighted by Gasteiger charge is 2.00. The van der Waals surface area contributed by atoms with Crippen LogP contribution in [0.1, 0.15) is 0 Å². The van der Waals surface area contributed by atoms with Crippen molar-refractivity contribution in [2.45, 2.75) is 0 Å². The van der Waals surface area contributed by atoms with Gasteiger partial charge in [-0.3, -0.25) is 0 Å². The lowest BCUT2D eigenvalue weighted by Gasteiger charge is -2.07. The van der Waals surface area contributed by atoms with Crippen LogP contribution < -0.4 is 10.6 Å². The summed E-state index contributed by atoms with van der Waals surface area (Å²) in [6.07, 6.45) is 1.73. The highest BCUT2D eigenvalue weighted by molar-refractivity contribution is 7.08. The van der Waals surface area contributed by atoms with E-state index in [2.05, 4.69) is 20.6 Å². The van der Waals surface area contributed by atoms with Gasteiger partial charge in [-0.05, 0) is 29.6 Å². The fraction of sp³-hybridized carbons (Fsp3) is 0. The van der Waals surface area contributed by atoms with Crippen molar-refractivity contribution in [3.63, 3.8) is 0 Å². The number of anilines is 4. The minimum atomic E-state index is 0.583. The number of hydrogen-bond acceptors (Lipinski definition) is 5. The molecule has 2 heterocycles. The molecule has 94 valence electrons. The van der Waals surface area contributed by atoms with Crippen molar-refractivity contribution < 1.29 is 0 Å². The maximum atomic E-state index is 4.41. The molecule has 19 heavy (non-hydrogen) atoms. The van der Waals surface area contributed by atoms with E-state index in [0.717, 1.165) is 17.2 Å². The Kier molecular flexibility index (Phi) is 3.38. The molecule has 0 aliphatic rings. The van der Waals surface area contributed by atoms with Gasteiger partial charge in [0.2, 0.25) is 5.95 Å². The van der Waals surface area contributed by atoms with Gasteiger partial charge in [-0.1, -0.05) is 18.2 Å². The quantitative estimate of drug-likeness (QED) is 0.750. The standard InChI is InChI=1S/C14H12N4S/c1-2-4-11(5-3-1)16-13-6-8-15-14(18-13)17-12-7-9-19-10-12/h1-10H,(H2,15,16,17,18). The van der Waals surface area contributed by atoms with Gasteiger partial charge in [0.25, 0.3) is 0 Å². The van der Waals surface area contributed by atoms with E-state index >= 15 is 0 Å². The average molecular weight is 268 g/mol. The molecule has 5 heteroatoms. The summed E-state index contributed by atoms with van der Waals surface area (Å²) in [6, 6.07) is 13.8. The van der Waals surface area contributed by atoms with Crippen LogP contribution in [0, 0.1) is 0 Å². The first-order valence-electron chi connectivity index (χ1n) is 5.84. The van der Waals surface area contributed by atoms with Gasteiger partial charge in [-0.25, -0.2) is 4.98 Å². The first-order valence-corrected chi connectivity index (χ1v) is 6.79. The van der Waals surface area contributed by atoms with Crippen LogP contribution in [0.3, 0.4) is 0 Å². The fourth-order valence-electron chi connectivity index (χ4n) is 1.62. The Balaban J connectivity index is 1.76. The number of benzene rings is 1. The minimum Gasteiger partial charge on any atom is -0.340 e. The molecule has 2 N–H and O–H groups in total. The van der Waals surface area contributed by atoms with Crippen LogP contribution in [0.4, 0.5) is 23.1 Å². The molecule has 0 fully saturated rings. The lowest BCUT2D eigenvalue weighted by molar-refractivity contribution is 1.17. The first-order chi connectivity index (χ1) is 9.40. The molecule has 3 rings (SSSR count). The fourth-order valence-corrected chi connectivity index (χ4v) is 2.21. The maximum absolute atomic E-state index is 4.41. The lowest BCUT2D eigenvalue weighted by atomic mass is 10.3. The summed E-state index contributed by atoms with van der Waals surface area (Å²) < 4.78 is 0. The summed E-state index contributed by atoms with van der Waals surface area (Å²) in [7, 11) is 0. The number of hydrogen-bond donors (Lipinski definition) is 2. The van der Waals surface area contributed by atoms with Crippen LogP contribution in [0.2, 0.25) is 0 Å². The maximum Gasteiger partial charge on any atom is 0.229 e. The van der Waals surface area contributed by atoms with Gasteiger partial charge in [0.1, 0.15) is 5.82 Å². The Morgan fingerprint density at radius 3 is 2.58 bits per heavy atom. The molecule has 0 atom stereocenters. The summed E-state index contributed by atoms with van der Waals surface area (Å²) in [5.74, 6) is 1.35. The van der Waals surface area contributed by atoms with Gasteiger partial charge in [-0.2, -0.15) is 16.3 Å². The third kappa shape index (κ3) is 3.08. The third-order valence-electron chi connectivity index (χ3n) is 2.48. The zero-order chi connectivity index (χ0) is 12.9. The Morgan fingerprint density at radius 1 is 0.895 bits per heavy atom. The van der Waals surface area contributed by atoms with Gasteiger partial charge >= 0.3 is 0 Å². The molecule has 0 saturated carbocycles. The van der Waals surface area contributed by atoms with Gasteiger partial charge in [0.15, 0.2) is 0 Å². The molecule has 0 bridgehead atoms. The normalized spacial score (nSPS) is 10.1. The van der Waals surface area contributed by atoms with Gasteiger partial charge in [0, 0.05) is 17.3 Å². The topological polar surface area (TPSA) is 49.8 Å². The van der Waals surface area contributed by atoms with E-state index in [0.29, 0.717) is 5.95 Å². The van der Waals surface area contributed by atoms with Crippen molar-refractivity contribution in [3.05, 3.63) is 59.4 Å². The minimum absolute atomic E-state index is 0.583. The van der Waals surface area contributed by atoms with E-state index in [9.17, 15) is 0 Å². The van der Waals surface area contributed by atoms with Crippen molar-refractivity contribution in [2.24, 2.45) is 0 Å². The van der Waals surface area contributed by atoms with Crippen LogP contribution in [0.15, 0.2) is 59.4 Å². The number of nitrogens with zero attached hydrogens (tertiary/aromatic N) is 2. The number of para-hydroxylation sites is 1.